The number of hydrazone groups is 1. The summed E-state index contributed by atoms with van der Waals surface area (Å²) in [5.74, 6) is -0.153. The Morgan fingerprint density at radius 3 is 2.56 bits per heavy atom. The number of benzene rings is 4. The second-order valence-corrected chi connectivity index (χ2v) is 9.95. The molecule has 194 valence electrons. The molecule has 9 heteroatoms. The average Bonchev–Trinajstić information content (AvgIpc) is 3.35. The maximum atomic E-state index is 13.3. The Bertz CT molecular complexity index is 1730. The van der Waals surface area contributed by atoms with Gasteiger partial charge < -0.3 is 14.5 Å². The van der Waals surface area contributed by atoms with E-state index in [-0.39, 0.29) is 0 Å². The first-order valence-electron chi connectivity index (χ1n) is 11.8. The number of nitrogens with zero attached hydrogens (tertiary/aromatic N) is 1. The van der Waals surface area contributed by atoms with Crippen LogP contribution in [0.1, 0.15) is 26.4 Å². The van der Waals surface area contributed by atoms with Crippen LogP contribution in [0.2, 0.25) is 5.02 Å². The predicted molar refractivity (Wildman–Crippen MR) is 161 cm³/mol. The van der Waals surface area contributed by atoms with Crippen LogP contribution >= 0.6 is 34.2 Å². The quantitative estimate of drug-likeness (QED) is 0.0648. The number of para-hydroxylation sites is 2. The van der Waals surface area contributed by atoms with E-state index >= 15 is 0 Å². The van der Waals surface area contributed by atoms with Crippen molar-refractivity contribution in [3.63, 3.8) is 0 Å². The highest BCUT2D eigenvalue weighted by molar-refractivity contribution is 14.1. The molecule has 0 aliphatic heterocycles. The van der Waals surface area contributed by atoms with Crippen LogP contribution in [0.25, 0.3) is 22.0 Å². The Kier molecular flexibility index (Phi) is 7.94. The minimum Gasteiger partial charge on any atom is -0.497 e. The van der Waals surface area contributed by atoms with Gasteiger partial charge in [-0.1, -0.05) is 60.1 Å². The standard InChI is InChI=1S/C30H21ClIN3O4/c1-38-20-10-6-9-18(16-20)30(37)39-25-15-5-2-8-19(25)17-33-35-29(36)28-26(21-11-3-4-13-23(21)31)22-12-7-14-24(32)27(22)34-28/h2-17,34H,1H3,(H,35,36). The Hall–Kier alpha value is -4.15. The molecular formula is C30H21ClIN3O4. The third kappa shape index (κ3) is 5.67. The Morgan fingerprint density at radius 1 is 0.974 bits per heavy atom. The first kappa shape index (κ1) is 26.5. The molecule has 0 saturated carbocycles. The van der Waals surface area contributed by atoms with E-state index in [4.69, 9.17) is 21.1 Å². The normalized spacial score (nSPS) is 11.1. The molecule has 5 aromatic rings. The van der Waals surface area contributed by atoms with Gasteiger partial charge in [-0.3, -0.25) is 4.79 Å². The van der Waals surface area contributed by atoms with Gasteiger partial charge >= 0.3 is 5.97 Å². The molecule has 1 amide bonds. The fraction of sp³-hybridized carbons (Fsp3) is 0.0333. The second kappa shape index (κ2) is 11.7. The number of carbonyl (C=O) groups excluding carboxylic acids is 2. The molecule has 0 fully saturated rings. The summed E-state index contributed by atoms with van der Waals surface area (Å²) in [4.78, 5) is 29.3. The van der Waals surface area contributed by atoms with Crippen molar-refractivity contribution in [3.8, 4) is 22.6 Å². The van der Waals surface area contributed by atoms with Crippen molar-refractivity contribution in [3.05, 3.63) is 116 Å². The molecule has 39 heavy (non-hydrogen) atoms. The fourth-order valence-electron chi connectivity index (χ4n) is 4.10. The van der Waals surface area contributed by atoms with Gasteiger partial charge in [-0.05, 0) is 65.1 Å². The maximum Gasteiger partial charge on any atom is 0.343 e. The number of hydrogen-bond acceptors (Lipinski definition) is 5. The number of carbonyl (C=O) groups is 2. The van der Waals surface area contributed by atoms with E-state index in [9.17, 15) is 9.59 Å². The minimum absolute atomic E-state index is 0.292. The molecule has 0 spiro atoms. The summed E-state index contributed by atoms with van der Waals surface area (Å²) in [5.41, 5.74) is 6.01. The van der Waals surface area contributed by atoms with Crippen LogP contribution in [0.4, 0.5) is 0 Å². The van der Waals surface area contributed by atoms with E-state index in [2.05, 4.69) is 38.1 Å². The number of methoxy groups -OCH3 is 1. The van der Waals surface area contributed by atoms with Gasteiger partial charge in [-0.15, -0.1) is 0 Å². The molecule has 1 aromatic heterocycles. The van der Waals surface area contributed by atoms with E-state index in [0.29, 0.717) is 38.9 Å². The zero-order valence-corrected chi connectivity index (χ0v) is 23.5. The average molecular weight is 650 g/mol. The molecular weight excluding hydrogens is 629 g/mol. The summed E-state index contributed by atoms with van der Waals surface area (Å²) in [7, 11) is 1.53. The monoisotopic (exact) mass is 649 g/mol. The van der Waals surface area contributed by atoms with Crippen LogP contribution in [0.3, 0.4) is 0 Å². The number of aromatic nitrogens is 1. The third-order valence-electron chi connectivity index (χ3n) is 5.95. The molecule has 0 saturated heterocycles. The second-order valence-electron chi connectivity index (χ2n) is 8.38. The Morgan fingerprint density at radius 2 is 1.74 bits per heavy atom. The van der Waals surface area contributed by atoms with Crippen LogP contribution < -0.4 is 14.9 Å². The number of ether oxygens (including phenoxy) is 2. The topological polar surface area (TPSA) is 92.8 Å². The zero-order chi connectivity index (χ0) is 27.4. The number of halogens is 2. The lowest BCUT2D eigenvalue weighted by Crippen LogP contribution is -2.19. The van der Waals surface area contributed by atoms with Crippen molar-refractivity contribution < 1.29 is 19.1 Å². The van der Waals surface area contributed by atoms with Crippen LogP contribution in [0.5, 0.6) is 11.5 Å². The first-order valence-corrected chi connectivity index (χ1v) is 13.3. The number of amides is 1. The number of fused-ring (bicyclic) bond motifs is 1. The zero-order valence-electron chi connectivity index (χ0n) is 20.6. The van der Waals surface area contributed by atoms with E-state index in [1.807, 2.05) is 36.4 Å². The smallest absolute Gasteiger partial charge is 0.343 e. The van der Waals surface area contributed by atoms with Crippen LogP contribution in [-0.2, 0) is 0 Å². The van der Waals surface area contributed by atoms with Crippen molar-refractivity contribution in [1.82, 2.24) is 10.4 Å². The minimum atomic E-state index is -0.546. The number of aromatic amines is 1. The molecule has 2 N–H and O–H groups in total. The van der Waals surface area contributed by atoms with Gasteiger partial charge in [0.1, 0.15) is 17.2 Å². The molecule has 0 aliphatic rings. The molecule has 0 unspecified atom stereocenters. The number of H-pyrrole nitrogens is 1. The number of rotatable bonds is 7. The summed E-state index contributed by atoms with van der Waals surface area (Å²) in [6.07, 6.45) is 1.42. The molecule has 5 rings (SSSR count). The summed E-state index contributed by atoms with van der Waals surface area (Å²) >= 11 is 8.73. The molecule has 0 atom stereocenters. The molecule has 7 nitrogen and oxygen atoms in total. The molecule has 1 heterocycles. The third-order valence-corrected chi connectivity index (χ3v) is 7.18. The van der Waals surface area contributed by atoms with Crippen molar-refractivity contribution in [2.45, 2.75) is 0 Å². The first-order chi connectivity index (χ1) is 19.0. The number of hydrogen-bond donors (Lipinski definition) is 2. The lowest BCUT2D eigenvalue weighted by atomic mass is 10.0. The van der Waals surface area contributed by atoms with Gasteiger partial charge in [0.25, 0.3) is 5.91 Å². The van der Waals surface area contributed by atoms with Crippen molar-refractivity contribution in [2.24, 2.45) is 5.10 Å². The van der Waals surface area contributed by atoms with Gasteiger partial charge in [0.2, 0.25) is 0 Å². The van der Waals surface area contributed by atoms with Crippen LogP contribution in [0, 0.1) is 3.57 Å². The Labute approximate surface area is 242 Å². The van der Waals surface area contributed by atoms with Gasteiger partial charge in [0, 0.05) is 30.7 Å². The molecule has 0 radical (unpaired) electrons. The van der Waals surface area contributed by atoms with E-state index in [1.54, 1.807) is 54.6 Å². The maximum absolute atomic E-state index is 13.3. The van der Waals surface area contributed by atoms with Crippen LogP contribution in [0.15, 0.2) is 96.1 Å². The largest absolute Gasteiger partial charge is 0.497 e. The predicted octanol–water partition coefficient (Wildman–Crippen LogP) is 7.08. The highest BCUT2D eigenvalue weighted by Crippen LogP contribution is 2.37. The summed E-state index contributed by atoms with van der Waals surface area (Å²) in [6, 6.07) is 26.8. The van der Waals surface area contributed by atoms with Gasteiger partial charge in [0.15, 0.2) is 0 Å². The van der Waals surface area contributed by atoms with Crippen molar-refractivity contribution in [2.75, 3.05) is 7.11 Å². The molecule has 4 aromatic carbocycles. The van der Waals surface area contributed by atoms with E-state index < -0.39 is 11.9 Å². The van der Waals surface area contributed by atoms with Crippen LogP contribution in [-0.4, -0.2) is 30.2 Å². The fourth-order valence-corrected chi connectivity index (χ4v) is 4.96. The number of esters is 1. The van der Waals surface area contributed by atoms with Gasteiger partial charge in [0.05, 0.1) is 24.4 Å². The lowest BCUT2D eigenvalue weighted by molar-refractivity contribution is 0.0733. The van der Waals surface area contributed by atoms with E-state index in [0.717, 1.165) is 20.0 Å². The summed E-state index contributed by atoms with van der Waals surface area (Å²) < 4.78 is 11.7. The molecule has 0 bridgehead atoms. The SMILES string of the molecule is COc1cccc(C(=O)Oc2ccccc2C=NNC(=O)c2[nH]c3c(I)cccc3c2-c2ccccc2Cl)c1. The highest BCUT2D eigenvalue weighted by atomic mass is 127. The summed E-state index contributed by atoms with van der Waals surface area (Å²) in [5, 5.41) is 5.55. The Balaban J connectivity index is 1.40. The van der Waals surface area contributed by atoms with Crippen molar-refractivity contribution >= 4 is 63.2 Å². The lowest BCUT2D eigenvalue weighted by Gasteiger charge is -2.08. The highest BCUT2D eigenvalue weighted by Gasteiger charge is 2.21. The van der Waals surface area contributed by atoms with E-state index in [1.165, 1.54) is 13.3 Å². The number of nitrogens with one attached hydrogen (secondary N) is 2. The molecule has 0 aliphatic carbocycles. The van der Waals surface area contributed by atoms with Gasteiger partial charge in [-0.25, -0.2) is 10.2 Å². The van der Waals surface area contributed by atoms with Gasteiger partial charge in [-0.2, -0.15) is 5.10 Å². The van der Waals surface area contributed by atoms with Crippen molar-refractivity contribution in [1.29, 1.82) is 0 Å². The summed E-state index contributed by atoms with van der Waals surface area (Å²) in [6.45, 7) is 0.